The first-order chi connectivity index (χ1) is 17.8. The monoisotopic (exact) mass is 503 g/mol. The summed E-state index contributed by atoms with van der Waals surface area (Å²) in [5.41, 5.74) is 2.69. The van der Waals surface area contributed by atoms with Crippen LogP contribution in [0, 0.1) is 0 Å². The second-order valence-electron chi connectivity index (χ2n) is 7.98. The quantitative estimate of drug-likeness (QED) is 0.188. The molecule has 0 aliphatic rings. The molecule has 0 spiro atoms. The van der Waals surface area contributed by atoms with Crippen molar-refractivity contribution in [2.75, 3.05) is 77.9 Å². The second kappa shape index (κ2) is 20.7. The van der Waals surface area contributed by atoms with E-state index in [4.69, 9.17) is 28.4 Å². The van der Waals surface area contributed by atoms with Crippen LogP contribution in [0.3, 0.4) is 0 Å². The molecule has 8 nitrogen and oxygen atoms in total. The average molecular weight is 504 g/mol. The molecule has 0 bridgehead atoms. The van der Waals surface area contributed by atoms with Gasteiger partial charge in [0, 0.05) is 12.2 Å². The Labute approximate surface area is 215 Å². The largest absolute Gasteiger partial charge is 0.460 e. The average Bonchev–Trinajstić information content (AvgIpc) is 2.91. The van der Waals surface area contributed by atoms with Crippen LogP contribution < -0.4 is 5.32 Å². The molecular formula is C28H41NO7. The van der Waals surface area contributed by atoms with Crippen molar-refractivity contribution in [1.82, 2.24) is 0 Å². The number of hydrogen-bond donors (Lipinski definition) is 1. The number of hydrogen-bond acceptors (Lipinski definition) is 8. The van der Waals surface area contributed by atoms with E-state index >= 15 is 0 Å². The summed E-state index contributed by atoms with van der Waals surface area (Å²) < 4.78 is 32.6. The minimum atomic E-state index is -0.351. The van der Waals surface area contributed by atoms with Crippen molar-refractivity contribution >= 4 is 11.7 Å². The Kier molecular flexibility index (Phi) is 17.1. The van der Waals surface area contributed by atoms with Crippen LogP contribution in [0.15, 0.2) is 54.6 Å². The lowest BCUT2D eigenvalue weighted by atomic mass is 10.2. The first kappa shape index (κ1) is 29.7. The van der Waals surface area contributed by atoms with Gasteiger partial charge in [0.2, 0.25) is 0 Å². The van der Waals surface area contributed by atoms with Gasteiger partial charge in [-0.3, -0.25) is 0 Å². The highest BCUT2D eigenvalue weighted by Gasteiger charge is 2.06. The summed E-state index contributed by atoms with van der Waals surface area (Å²) in [4.78, 5) is 12.1. The normalized spacial score (nSPS) is 10.9. The minimum Gasteiger partial charge on any atom is -0.460 e. The van der Waals surface area contributed by atoms with Crippen molar-refractivity contribution in [3.05, 3.63) is 65.7 Å². The summed E-state index contributed by atoms with van der Waals surface area (Å²) in [6.45, 7) is 8.22. The Morgan fingerprint density at radius 2 is 1.19 bits per heavy atom. The van der Waals surface area contributed by atoms with E-state index in [0.29, 0.717) is 71.6 Å². The van der Waals surface area contributed by atoms with Crippen molar-refractivity contribution in [3.63, 3.8) is 0 Å². The number of unbranched alkanes of at least 4 members (excludes halogenated alkanes) is 1. The van der Waals surface area contributed by atoms with E-state index in [-0.39, 0.29) is 12.6 Å². The lowest BCUT2D eigenvalue weighted by molar-refractivity contribution is -0.0162. The smallest absolute Gasteiger partial charge is 0.338 e. The molecule has 0 amide bonds. The van der Waals surface area contributed by atoms with E-state index < -0.39 is 0 Å². The van der Waals surface area contributed by atoms with Crippen LogP contribution in [-0.4, -0.2) is 78.6 Å². The number of benzene rings is 2. The Balaban J connectivity index is 1.30. The Morgan fingerprint density at radius 3 is 1.75 bits per heavy atom. The molecule has 8 heteroatoms. The van der Waals surface area contributed by atoms with Gasteiger partial charge in [-0.15, -0.1) is 0 Å². The molecule has 0 aromatic heterocycles. The maximum absolute atomic E-state index is 12.1. The molecule has 0 aliphatic heterocycles. The van der Waals surface area contributed by atoms with E-state index in [1.165, 1.54) is 0 Å². The third-order valence-electron chi connectivity index (χ3n) is 5.04. The lowest BCUT2D eigenvalue weighted by Crippen LogP contribution is -2.15. The molecule has 36 heavy (non-hydrogen) atoms. The third kappa shape index (κ3) is 14.8. The molecule has 0 unspecified atom stereocenters. The maximum atomic E-state index is 12.1. The highest BCUT2D eigenvalue weighted by atomic mass is 16.6. The molecule has 2 aromatic carbocycles. The first-order valence-electron chi connectivity index (χ1n) is 12.7. The van der Waals surface area contributed by atoms with E-state index in [1.54, 1.807) is 12.1 Å². The zero-order chi connectivity index (χ0) is 25.5. The van der Waals surface area contributed by atoms with E-state index in [2.05, 4.69) is 12.2 Å². The molecule has 0 saturated heterocycles. The van der Waals surface area contributed by atoms with Gasteiger partial charge >= 0.3 is 5.97 Å². The van der Waals surface area contributed by atoms with Crippen LogP contribution in [0.1, 0.15) is 35.7 Å². The van der Waals surface area contributed by atoms with Crippen LogP contribution in [0.4, 0.5) is 5.69 Å². The van der Waals surface area contributed by atoms with Crippen LogP contribution in [0.5, 0.6) is 0 Å². The molecule has 200 valence electrons. The predicted octanol–water partition coefficient (Wildman–Crippen LogP) is 4.34. The zero-order valence-electron chi connectivity index (χ0n) is 21.5. The summed E-state index contributed by atoms with van der Waals surface area (Å²) >= 11 is 0. The summed E-state index contributed by atoms with van der Waals surface area (Å²) in [6, 6.07) is 17.4. The number of esters is 1. The van der Waals surface area contributed by atoms with Gasteiger partial charge < -0.3 is 33.7 Å². The molecule has 0 atom stereocenters. The van der Waals surface area contributed by atoms with Crippen LogP contribution >= 0.6 is 0 Å². The molecule has 0 radical (unpaired) electrons. The Hall–Kier alpha value is -2.49. The minimum absolute atomic E-state index is 0.204. The number of anilines is 1. The highest BCUT2D eigenvalue weighted by molar-refractivity contribution is 5.89. The predicted molar refractivity (Wildman–Crippen MR) is 139 cm³/mol. The van der Waals surface area contributed by atoms with Gasteiger partial charge in [-0.1, -0.05) is 43.7 Å². The number of carbonyl (C=O) groups is 1. The molecule has 2 rings (SSSR count). The summed E-state index contributed by atoms with van der Waals surface area (Å²) in [5, 5.41) is 3.32. The lowest BCUT2D eigenvalue weighted by Gasteiger charge is -2.09. The molecule has 0 heterocycles. The van der Waals surface area contributed by atoms with Crippen LogP contribution in [0.2, 0.25) is 0 Å². The fourth-order valence-corrected chi connectivity index (χ4v) is 3.05. The van der Waals surface area contributed by atoms with Crippen molar-refractivity contribution in [1.29, 1.82) is 0 Å². The van der Waals surface area contributed by atoms with E-state index in [9.17, 15) is 4.79 Å². The number of rotatable bonds is 22. The van der Waals surface area contributed by atoms with Gasteiger partial charge in [-0.05, 0) is 36.2 Å². The standard InChI is InChI=1S/C28H41NO7/c1-2-3-13-29-27-11-9-26(10-12-27)28(30)36-23-22-34-19-18-32-15-14-31-16-17-33-20-21-35-24-25-7-5-4-6-8-25/h4-12,29H,2-3,13-24H2,1H3. The van der Waals surface area contributed by atoms with Gasteiger partial charge in [-0.2, -0.15) is 0 Å². The topological polar surface area (TPSA) is 84.5 Å². The second-order valence-corrected chi connectivity index (χ2v) is 7.98. The molecule has 0 aliphatic carbocycles. The molecule has 0 saturated carbocycles. The third-order valence-corrected chi connectivity index (χ3v) is 5.04. The summed E-state index contributed by atoms with van der Waals surface area (Å²) in [7, 11) is 0. The van der Waals surface area contributed by atoms with E-state index in [1.807, 2.05) is 42.5 Å². The first-order valence-corrected chi connectivity index (χ1v) is 12.7. The van der Waals surface area contributed by atoms with Crippen LogP contribution in [0.25, 0.3) is 0 Å². The SMILES string of the molecule is CCCCNc1ccc(C(=O)OCCOCCOCCOCCOCCOCc2ccccc2)cc1. The van der Waals surface area contributed by atoms with Gasteiger partial charge in [0.25, 0.3) is 0 Å². The molecular weight excluding hydrogens is 462 g/mol. The van der Waals surface area contributed by atoms with Gasteiger partial charge in [0.15, 0.2) is 0 Å². The maximum Gasteiger partial charge on any atom is 0.338 e. The van der Waals surface area contributed by atoms with Crippen molar-refractivity contribution in [2.45, 2.75) is 26.4 Å². The van der Waals surface area contributed by atoms with Gasteiger partial charge in [0.05, 0.1) is 71.6 Å². The van der Waals surface area contributed by atoms with Gasteiger partial charge in [0.1, 0.15) is 6.61 Å². The Morgan fingerprint density at radius 1 is 0.667 bits per heavy atom. The summed E-state index contributed by atoms with van der Waals surface area (Å²) in [6.07, 6.45) is 2.26. The highest BCUT2D eigenvalue weighted by Crippen LogP contribution is 2.10. The molecule has 1 N–H and O–H groups in total. The zero-order valence-corrected chi connectivity index (χ0v) is 21.5. The number of ether oxygens (including phenoxy) is 6. The van der Waals surface area contributed by atoms with Crippen molar-refractivity contribution < 1.29 is 33.2 Å². The fraction of sp³-hybridized carbons (Fsp3) is 0.536. The Bertz CT molecular complexity index is 786. The van der Waals surface area contributed by atoms with E-state index in [0.717, 1.165) is 30.6 Å². The van der Waals surface area contributed by atoms with Crippen molar-refractivity contribution in [2.24, 2.45) is 0 Å². The number of nitrogens with one attached hydrogen (secondary N) is 1. The molecule has 0 fully saturated rings. The van der Waals surface area contributed by atoms with Gasteiger partial charge in [-0.25, -0.2) is 4.79 Å². The van der Waals surface area contributed by atoms with Crippen molar-refractivity contribution in [3.8, 4) is 0 Å². The van der Waals surface area contributed by atoms with Crippen LogP contribution in [-0.2, 0) is 35.0 Å². The fourth-order valence-electron chi connectivity index (χ4n) is 3.05. The number of carbonyl (C=O) groups excluding carboxylic acids is 1. The summed E-state index contributed by atoms with van der Waals surface area (Å²) in [5.74, 6) is -0.351. The molecule has 2 aromatic rings.